The molecule has 0 aliphatic carbocycles. The lowest BCUT2D eigenvalue weighted by Gasteiger charge is -2.32. The molecule has 0 spiro atoms. The molecule has 1 aliphatic rings. The monoisotopic (exact) mass is 228 g/mol. The minimum Gasteiger partial charge on any atom is -0.356 e. The van der Waals surface area contributed by atoms with E-state index in [0.29, 0.717) is 24.7 Å². The third-order valence-corrected chi connectivity index (χ3v) is 2.69. The van der Waals surface area contributed by atoms with E-state index in [4.69, 9.17) is 5.73 Å². The number of anilines is 1. The zero-order valence-corrected chi connectivity index (χ0v) is 8.87. The van der Waals surface area contributed by atoms with Crippen LogP contribution in [0.5, 0.6) is 0 Å². The van der Waals surface area contributed by atoms with E-state index >= 15 is 0 Å². The van der Waals surface area contributed by atoms with Gasteiger partial charge in [0.05, 0.1) is 6.54 Å². The van der Waals surface area contributed by atoms with E-state index in [2.05, 4.69) is 9.97 Å². The van der Waals surface area contributed by atoms with Crippen molar-refractivity contribution >= 4 is 5.82 Å². The Morgan fingerprint density at radius 1 is 1.38 bits per heavy atom. The maximum Gasteiger partial charge on any atom is 0.251 e. The van der Waals surface area contributed by atoms with Gasteiger partial charge in [0.1, 0.15) is 11.6 Å². The first-order valence-corrected chi connectivity index (χ1v) is 5.25. The summed E-state index contributed by atoms with van der Waals surface area (Å²) >= 11 is 0. The molecule has 1 aliphatic heterocycles. The van der Waals surface area contributed by atoms with Gasteiger partial charge in [-0.2, -0.15) is 0 Å². The molecule has 0 radical (unpaired) electrons. The van der Waals surface area contributed by atoms with Gasteiger partial charge in [-0.3, -0.25) is 0 Å². The minimum atomic E-state index is -2.53. The molecule has 1 aromatic heterocycles. The van der Waals surface area contributed by atoms with E-state index in [1.54, 1.807) is 12.3 Å². The number of hydrogen-bond donors (Lipinski definition) is 1. The Hall–Kier alpha value is -1.30. The van der Waals surface area contributed by atoms with Gasteiger partial charge < -0.3 is 10.6 Å². The van der Waals surface area contributed by atoms with Gasteiger partial charge in [0.25, 0.3) is 5.92 Å². The van der Waals surface area contributed by atoms with Crippen LogP contribution in [0.25, 0.3) is 0 Å². The molecule has 88 valence electrons. The molecule has 1 fully saturated rings. The molecule has 2 heterocycles. The number of piperidine rings is 1. The van der Waals surface area contributed by atoms with E-state index < -0.39 is 5.92 Å². The van der Waals surface area contributed by atoms with Crippen molar-refractivity contribution in [3.8, 4) is 0 Å². The molecule has 6 heteroatoms. The number of nitrogens with zero attached hydrogens (tertiary/aromatic N) is 3. The fourth-order valence-electron chi connectivity index (χ4n) is 1.73. The number of nitrogens with two attached hydrogens (primary N) is 1. The van der Waals surface area contributed by atoms with Gasteiger partial charge in [-0.25, -0.2) is 18.7 Å². The second-order valence-electron chi connectivity index (χ2n) is 3.88. The van der Waals surface area contributed by atoms with Gasteiger partial charge in [0.2, 0.25) is 0 Å². The molecule has 0 unspecified atom stereocenters. The summed E-state index contributed by atoms with van der Waals surface area (Å²) in [5.74, 6) is -1.30. The van der Waals surface area contributed by atoms with Crippen LogP contribution in [0, 0.1) is 0 Å². The predicted molar refractivity (Wildman–Crippen MR) is 56.3 cm³/mol. The summed E-state index contributed by atoms with van der Waals surface area (Å²) in [7, 11) is 0. The molecule has 0 atom stereocenters. The largest absolute Gasteiger partial charge is 0.356 e. The highest BCUT2D eigenvalue weighted by Crippen LogP contribution is 2.29. The zero-order chi connectivity index (χ0) is 11.6. The topological polar surface area (TPSA) is 55.0 Å². The van der Waals surface area contributed by atoms with Crippen LogP contribution >= 0.6 is 0 Å². The van der Waals surface area contributed by atoms with E-state index in [1.165, 1.54) is 0 Å². The molecular formula is C10H14F2N4. The fraction of sp³-hybridized carbons (Fsp3) is 0.600. The van der Waals surface area contributed by atoms with Crippen LogP contribution in [-0.2, 0) is 6.54 Å². The molecule has 2 rings (SSSR count). The van der Waals surface area contributed by atoms with Gasteiger partial charge in [0, 0.05) is 32.1 Å². The lowest BCUT2D eigenvalue weighted by molar-refractivity contribution is -0.0221. The summed E-state index contributed by atoms with van der Waals surface area (Å²) in [6.45, 7) is 0.917. The quantitative estimate of drug-likeness (QED) is 0.825. The molecular weight excluding hydrogens is 214 g/mol. The van der Waals surface area contributed by atoms with E-state index in [0.717, 1.165) is 0 Å². The van der Waals surface area contributed by atoms with Gasteiger partial charge in [-0.1, -0.05) is 0 Å². The molecule has 4 nitrogen and oxygen atoms in total. The Kier molecular flexibility index (Phi) is 3.00. The van der Waals surface area contributed by atoms with Crippen molar-refractivity contribution in [3.63, 3.8) is 0 Å². The maximum atomic E-state index is 13.0. The van der Waals surface area contributed by atoms with Crippen molar-refractivity contribution in [2.45, 2.75) is 25.3 Å². The Morgan fingerprint density at radius 3 is 2.69 bits per heavy atom. The van der Waals surface area contributed by atoms with Crippen molar-refractivity contribution in [2.75, 3.05) is 18.0 Å². The molecule has 1 saturated heterocycles. The molecule has 1 aromatic rings. The Bertz CT molecular complexity index is 360. The molecule has 0 aromatic carbocycles. The Balaban J connectivity index is 2.08. The first-order chi connectivity index (χ1) is 7.61. The molecule has 0 saturated carbocycles. The molecule has 16 heavy (non-hydrogen) atoms. The number of aromatic nitrogens is 2. The van der Waals surface area contributed by atoms with Crippen LogP contribution in [0.3, 0.4) is 0 Å². The number of hydrogen-bond acceptors (Lipinski definition) is 4. The van der Waals surface area contributed by atoms with Gasteiger partial charge in [-0.15, -0.1) is 0 Å². The van der Waals surface area contributed by atoms with E-state index in [9.17, 15) is 8.78 Å². The predicted octanol–water partition coefficient (Wildman–Crippen LogP) is 1.17. The van der Waals surface area contributed by atoms with Crippen molar-refractivity contribution in [3.05, 3.63) is 18.1 Å². The SMILES string of the molecule is NCc1nccc(N2CCC(F)(F)CC2)n1. The maximum absolute atomic E-state index is 13.0. The lowest BCUT2D eigenvalue weighted by Crippen LogP contribution is -2.39. The van der Waals surface area contributed by atoms with Crippen LogP contribution in [0.15, 0.2) is 12.3 Å². The minimum absolute atomic E-state index is 0.116. The van der Waals surface area contributed by atoms with Crippen molar-refractivity contribution in [1.82, 2.24) is 9.97 Å². The average molecular weight is 228 g/mol. The van der Waals surface area contributed by atoms with Crippen LogP contribution in [0.2, 0.25) is 0 Å². The van der Waals surface area contributed by atoms with Crippen LogP contribution in [0.4, 0.5) is 14.6 Å². The van der Waals surface area contributed by atoms with Crippen LogP contribution < -0.4 is 10.6 Å². The average Bonchev–Trinajstić information content (AvgIpc) is 2.29. The first kappa shape index (κ1) is 11.2. The molecule has 0 bridgehead atoms. The van der Waals surface area contributed by atoms with Crippen molar-refractivity contribution < 1.29 is 8.78 Å². The number of halogens is 2. The molecule has 0 amide bonds. The lowest BCUT2D eigenvalue weighted by atomic mass is 10.1. The normalized spacial score (nSPS) is 19.8. The molecule has 2 N–H and O–H groups in total. The van der Waals surface area contributed by atoms with E-state index in [1.807, 2.05) is 4.90 Å². The third-order valence-electron chi connectivity index (χ3n) is 2.69. The highest BCUT2D eigenvalue weighted by atomic mass is 19.3. The van der Waals surface area contributed by atoms with Crippen LogP contribution in [0.1, 0.15) is 18.7 Å². The third kappa shape index (κ3) is 2.44. The van der Waals surface area contributed by atoms with Crippen molar-refractivity contribution in [2.24, 2.45) is 5.73 Å². The Morgan fingerprint density at radius 2 is 2.06 bits per heavy atom. The van der Waals surface area contributed by atoms with Gasteiger partial charge in [0.15, 0.2) is 0 Å². The summed E-state index contributed by atoms with van der Waals surface area (Å²) in [6, 6.07) is 1.72. The summed E-state index contributed by atoms with van der Waals surface area (Å²) in [5, 5.41) is 0. The second kappa shape index (κ2) is 4.29. The standard InChI is InChI=1S/C10H14F2N4/c11-10(12)2-5-16(6-3-10)9-1-4-14-8(7-13)15-9/h1,4H,2-3,5-7,13H2. The van der Waals surface area contributed by atoms with Crippen LogP contribution in [-0.4, -0.2) is 29.0 Å². The Labute approximate surface area is 92.5 Å². The fourth-order valence-corrected chi connectivity index (χ4v) is 1.73. The van der Waals surface area contributed by atoms with E-state index in [-0.39, 0.29) is 19.4 Å². The number of rotatable bonds is 2. The highest BCUT2D eigenvalue weighted by molar-refractivity contribution is 5.38. The summed E-state index contributed by atoms with van der Waals surface area (Å²) in [5.41, 5.74) is 5.43. The van der Waals surface area contributed by atoms with Crippen molar-refractivity contribution in [1.29, 1.82) is 0 Å². The highest BCUT2D eigenvalue weighted by Gasteiger charge is 2.34. The summed E-state index contributed by atoms with van der Waals surface area (Å²) in [4.78, 5) is 10.0. The summed E-state index contributed by atoms with van der Waals surface area (Å²) < 4.78 is 25.9. The first-order valence-electron chi connectivity index (χ1n) is 5.25. The number of alkyl halides is 2. The second-order valence-corrected chi connectivity index (χ2v) is 3.88. The smallest absolute Gasteiger partial charge is 0.251 e. The van der Waals surface area contributed by atoms with Gasteiger partial charge >= 0.3 is 0 Å². The van der Waals surface area contributed by atoms with Gasteiger partial charge in [-0.05, 0) is 6.07 Å². The summed E-state index contributed by atoms with van der Waals surface area (Å²) in [6.07, 6.45) is 1.38. The zero-order valence-electron chi connectivity index (χ0n) is 8.87.